The summed E-state index contributed by atoms with van der Waals surface area (Å²) in [5, 5.41) is 2.68. The zero-order valence-electron chi connectivity index (χ0n) is 21.9. The van der Waals surface area contributed by atoms with Gasteiger partial charge in [-0.1, -0.05) is 37.3 Å². The predicted molar refractivity (Wildman–Crippen MR) is 135 cm³/mol. The maximum absolute atomic E-state index is 13.3. The van der Waals surface area contributed by atoms with Crippen molar-refractivity contribution in [1.29, 1.82) is 0 Å². The number of methoxy groups -OCH3 is 2. The first-order chi connectivity index (χ1) is 16.8. The highest BCUT2D eigenvalue weighted by Gasteiger charge is 2.43. The third-order valence-corrected chi connectivity index (χ3v) is 8.13. The number of ether oxygens (including phenoxy) is 3. The van der Waals surface area contributed by atoms with Gasteiger partial charge in [-0.2, -0.15) is 0 Å². The van der Waals surface area contributed by atoms with Crippen LogP contribution < -0.4 is 5.32 Å². The number of nitrogens with zero attached hydrogens (tertiary/aromatic N) is 1. The van der Waals surface area contributed by atoms with Crippen molar-refractivity contribution in [3.05, 3.63) is 35.9 Å². The van der Waals surface area contributed by atoms with Gasteiger partial charge in [-0.05, 0) is 39.2 Å². The highest BCUT2D eigenvalue weighted by Crippen LogP contribution is 2.46. The zero-order chi connectivity index (χ0) is 27.1. The van der Waals surface area contributed by atoms with Gasteiger partial charge in [0.1, 0.15) is 17.5 Å². The molecule has 2 N–H and O–H groups in total. The molecule has 10 nitrogen and oxygen atoms in total. The molecule has 0 aliphatic carbocycles. The Labute approximate surface area is 213 Å². The Balaban J connectivity index is 2.22. The summed E-state index contributed by atoms with van der Waals surface area (Å²) in [4.78, 5) is 50.2. The van der Waals surface area contributed by atoms with Gasteiger partial charge in [-0.3, -0.25) is 14.2 Å². The topological polar surface area (TPSA) is 131 Å². The maximum Gasteiger partial charge on any atom is 0.410 e. The lowest BCUT2D eigenvalue weighted by atomic mass is 9.95. The zero-order valence-corrected chi connectivity index (χ0v) is 22.8. The third kappa shape index (κ3) is 8.32. The van der Waals surface area contributed by atoms with Gasteiger partial charge in [-0.25, -0.2) is 4.79 Å². The molecule has 1 aromatic rings. The summed E-state index contributed by atoms with van der Waals surface area (Å²) in [5.74, 6) is -3.33. The first kappa shape index (κ1) is 29.8. The fraction of sp³-hybridized carbons (Fsp3) is 0.640. The molecule has 1 aliphatic rings. The minimum Gasteiger partial charge on any atom is -0.469 e. The number of hydrogen-bond acceptors (Lipinski definition) is 7. The van der Waals surface area contributed by atoms with E-state index in [0.717, 1.165) is 19.1 Å². The maximum atomic E-state index is 13.3. The monoisotopic (exact) mass is 526 g/mol. The molecule has 0 bridgehead atoms. The first-order valence-corrected chi connectivity index (χ1v) is 14.0. The highest BCUT2D eigenvalue weighted by atomic mass is 31.2. The van der Waals surface area contributed by atoms with Gasteiger partial charge >= 0.3 is 12.1 Å². The first-order valence-electron chi connectivity index (χ1n) is 12.0. The number of carbonyl (C=O) groups is 3. The number of likely N-dealkylation sites (tertiary alicyclic amines) is 1. The average Bonchev–Trinajstić information content (AvgIpc) is 3.28. The molecule has 0 aromatic heterocycles. The molecular formula is C25H39N2O8P. The van der Waals surface area contributed by atoms with Crippen molar-refractivity contribution in [1.82, 2.24) is 10.2 Å². The molecule has 2 amide bonds. The molecule has 1 saturated heterocycles. The lowest BCUT2D eigenvalue weighted by molar-refractivity contribution is -0.137. The minimum atomic E-state index is -4.18. The van der Waals surface area contributed by atoms with Gasteiger partial charge in [0.25, 0.3) is 0 Å². The minimum absolute atomic E-state index is 0.0508. The van der Waals surface area contributed by atoms with E-state index in [2.05, 4.69) is 10.1 Å². The van der Waals surface area contributed by atoms with Crippen molar-refractivity contribution in [2.75, 3.05) is 26.9 Å². The number of benzene rings is 1. The molecule has 0 saturated carbocycles. The third-order valence-electron chi connectivity index (χ3n) is 6.14. The molecule has 2 rings (SSSR count). The van der Waals surface area contributed by atoms with Crippen LogP contribution in [0.1, 0.15) is 46.1 Å². The number of nitrogens with one attached hydrogen (secondary N) is 1. The molecule has 11 heteroatoms. The summed E-state index contributed by atoms with van der Waals surface area (Å²) < 4.78 is 28.9. The SMILES string of the molecule is COC(=O)CP(=O)(O)[C@H](Cc1ccccc1)NC(=O)[C@H](C)[C@@H](OC)[C@@H]1CCCN1C(=O)OC(C)(C)C. The Morgan fingerprint density at radius 3 is 2.39 bits per heavy atom. The van der Waals surface area contributed by atoms with Crippen LogP contribution in [0.4, 0.5) is 4.79 Å². The lowest BCUT2D eigenvalue weighted by Gasteiger charge is -2.35. The van der Waals surface area contributed by atoms with Gasteiger partial charge in [0.05, 0.1) is 25.2 Å². The summed E-state index contributed by atoms with van der Waals surface area (Å²) in [6, 6.07) is 8.53. The van der Waals surface area contributed by atoms with E-state index in [-0.39, 0.29) is 6.42 Å². The van der Waals surface area contributed by atoms with Crippen molar-refractivity contribution in [2.45, 2.75) is 70.5 Å². The highest BCUT2D eigenvalue weighted by molar-refractivity contribution is 7.59. The summed E-state index contributed by atoms with van der Waals surface area (Å²) in [6.07, 6.45) is -0.452. The fourth-order valence-corrected chi connectivity index (χ4v) is 5.86. The van der Waals surface area contributed by atoms with E-state index in [1.54, 1.807) is 56.9 Å². The number of carbonyl (C=O) groups excluding carboxylic acids is 3. The Hall–Kier alpha value is -2.42. The van der Waals surface area contributed by atoms with E-state index >= 15 is 0 Å². The van der Waals surface area contributed by atoms with Crippen LogP contribution in [0.2, 0.25) is 0 Å². The molecule has 0 spiro atoms. The molecule has 202 valence electrons. The quantitative estimate of drug-likeness (QED) is 0.351. The van der Waals surface area contributed by atoms with E-state index in [1.807, 2.05) is 6.07 Å². The van der Waals surface area contributed by atoms with E-state index < -0.39 is 60.9 Å². The summed E-state index contributed by atoms with van der Waals surface area (Å²) >= 11 is 0. The summed E-state index contributed by atoms with van der Waals surface area (Å²) in [5.41, 5.74) is 0.0623. The van der Waals surface area contributed by atoms with Gasteiger partial charge in [0.15, 0.2) is 0 Å². The second-order valence-corrected chi connectivity index (χ2v) is 12.5. The molecule has 5 atom stereocenters. The number of rotatable bonds is 10. The van der Waals surface area contributed by atoms with Crippen LogP contribution >= 0.6 is 7.37 Å². The molecule has 1 unspecified atom stereocenters. The Bertz CT molecular complexity index is 949. The van der Waals surface area contributed by atoms with Gasteiger partial charge in [0, 0.05) is 20.1 Å². The molecule has 1 aromatic carbocycles. The largest absolute Gasteiger partial charge is 0.469 e. The standard InChI is InChI=1S/C25H39N2O8P/c1-17(22(34-6)19-13-10-14-27(19)24(30)35-25(2,3)4)23(29)26-20(15-18-11-8-7-9-12-18)36(31,32)16-21(28)33-5/h7-9,11-12,17,19-20,22H,10,13-16H2,1-6H3,(H,26,29)(H,31,32)/t17-,19+,20-,22-/m1/s1. The summed E-state index contributed by atoms with van der Waals surface area (Å²) in [6.45, 7) is 7.49. The van der Waals surface area contributed by atoms with Crippen LogP contribution in [0.25, 0.3) is 0 Å². The molecular weight excluding hydrogens is 487 g/mol. The van der Waals surface area contributed by atoms with Crippen LogP contribution in [0, 0.1) is 5.92 Å². The van der Waals surface area contributed by atoms with Crippen LogP contribution in [-0.2, 0) is 34.8 Å². The van der Waals surface area contributed by atoms with Crippen molar-refractivity contribution in [2.24, 2.45) is 5.92 Å². The van der Waals surface area contributed by atoms with Gasteiger partial charge < -0.3 is 29.3 Å². The van der Waals surface area contributed by atoms with E-state index in [9.17, 15) is 23.8 Å². The molecule has 36 heavy (non-hydrogen) atoms. The number of esters is 1. The summed E-state index contributed by atoms with van der Waals surface area (Å²) in [7, 11) is -1.58. The Kier molecular flexibility index (Phi) is 10.5. The van der Waals surface area contributed by atoms with Crippen LogP contribution in [0.3, 0.4) is 0 Å². The molecule has 1 fully saturated rings. The normalized spacial score (nSPS) is 20.1. The smallest absolute Gasteiger partial charge is 0.410 e. The van der Waals surface area contributed by atoms with Crippen molar-refractivity contribution in [3.63, 3.8) is 0 Å². The van der Waals surface area contributed by atoms with Gasteiger partial charge in [0.2, 0.25) is 13.3 Å². The Morgan fingerprint density at radius 1 is 1.19 bits per heavy atom. The van der Waals surface area contributed by atoms with E-state index in [1.165, 1.54) is 7.11 Å². The van der Waals surface area contributed by atoms with Crippen molar-refractivity contribution >= 4 is 25.3 Å². The predicted octanol–water partition coefficient (Wildman–Crippen LogP) is 3.17. The van der Waals surface area contributed by atoms with Crippen molar-refractivity contribution < 1.29 is 38.1 Å². The average molecular weight is 527 g/mol. The Morgan fingerprint density at radius 2 is 1.83 bits per heavy atom. The van der Waals surface area contributed by atoms with Crippen LogP contribution in [0.5, 0.6) is 0 Å². The second kappa shape index (κ2) is 12.7. The van der Waals surface area contributed by atoms with E-state index in [4.69, 9.17) is 9.47 Å². The fourth-order valence-electron chi connectivity index (χ4n) is 4.31. The van der Waals surface area contributed by atoms with Crippen LogP contribution in [-0.4, -0.2) is 78.2 Å². The number of hydrogen-bond donors (Lipinski definition) is 2. The lowest BCUT2D eigenvalue weighted by Crippen LogP contribution is -2.52. The van der Waals surface area contributed by atoms with Crippen LogP contribution in [0.15, 0.2) is 30.3 Å². The molecule has 0 radical (unpaired) electrons. The van der Waals surface area contributed by atoms with E-state index in [0.29, 0.717) is 13.0 Å². The molecule has 1 heterocycles. The van der Waals surface area contributed by atoms with Gasteiger partial charge in [-0.15, -0.1) is 0 Å². The molecule has 1 aliphatic heterocycles. The second-order valence-electron chi connectivity index (χ2n) is 10.1. The number of amides is 2. The van der Waals surface area contributed by atoms with Crippen molar-refractivity contribution in [3.8, 4) is 0 Å².